The number of methoxy groups -OCH3 is 1. The molecular formula is C18H20ClN5O3S. The Morgan fingerprint density at radius 3 is 2.54 bits per heavy atom. The molecule has 28 heavy (non-hydrogen) atoms. The van der Waals surface area contributed by atoms with E-state index in [4.69, 9.17) is 16.3 Å². The van der Waals surface area contributed by atoms with E-state index in [0.29, 0.717) is 29.8 Å². The Morgan fingerprint density at radius 2 is 1.93 bits per heavy atom. The Kier molecular flexibility index (Phi) is 6.28. The van der Waals surface area contributed by atoms with Crippen molar-refractivity contribution in [3.8, 4) is 6.01 Å². The van der Waals surface area contributed by atoms with Crippen molar-refractivity contribution in [3.63, 3.8) is 0 Å². The van der Waals surface area contributed by atoms with Gasteiger partial charge in [-0.3, -0.25) is 9.55 Å². The van der Waals surface area contributed by atoms with E-state index in [1.807, 2.05) is 19.1 Å². The molecule has 3 rings (SSSR count). The van der Waals surface area contributed by atoms with Crippen LogP contribution in [0.3, 0.4) is 0 Å². The van der Waals surface area contributed by atoms with Crippen molar-refractivity contribution in [2.24, 2.45) is 0 Å². The molecule has 2 heterocycles. The normalized spacial score (nSPS) is 12.7. The molecule has 0 aliphatic heterocycles. The highest BCUT2D eigenvalue weighted by Gasteiger charge is 2.27. The summed E-state index contributed by atoms with van der Waals surface area (Å²) in [6, 6.07) is 11.1. The Bertz CT molecular complexity index is 1020. The van der Waals surface area contributed by atoms with E-state index in [1.165, 1.54) is 31.4 Å². The summed E-state index contributed by atoms with van der Waals surface area (Å²) in [5.41, 5.74) is 0.718. The zero-order valence-electron chi connectivity index (χ0n) is 15.4. The predicted octanol–water partition coefficient (Wildman–Crippen LogP) is 2.62. The van der Waals surface area contributed by atoms with Crippen LogP contribution in [0.2, 0.25) is 5.02 Å². The van der Waals surface area contributed by atoms with E-state index in [2.05, 4.69) is 19.9 Å². The van der Waals surface area contributed by atoms with Gasteiger partial charge in [-0.25, -0.2) is 13.1 Å². The summed E-state index contributed by atoms with van der Waals surface area (Å²) in [6.07, 6.45) is 1.96. The van der Waals surface area contributed by atoms with Gasteiger partial charge in [-0.1, -0.05) is 22.8 Å². The zero-order valence-corrected chi connectivity index (χ0v) is 17.0. The van der Waals surface area contributed by atoms with E-state index in [-0.39, 0.29) is 4.90 Å². The van der Waals surface area contributed by atoms with Gasteiger partial charge in [-0.05, 0) is 43.3 Å². The van der Waals surface area contributed by atoms with Gasteiger partial charge in [-0.15, -0.1) is 5.10 Å². The summed E-state index contributed by atoms with van der Waals surface area (Å²) in [5, 5.41) is 8.62. The van der Waals surface area contributed by atoms with Gasteiger partial charge in [0.25, 0.3) is 0 Å². The molecule has 2 aromatic heterocycles. The molecule has 148 valence electrons. The highest BCUT2D eigenvalue weighted by Crippen LogP contribution is 2.23. The second kappa shape index (κ2) is 8.68. The van der Waals surface area contributed by atoms with Gasteiger partial charge in [0.2, 0.25) is 10.0 Å². The van der Waals surface area contributed by atoms with Crippen LogP contribution in [-0.2, 0) is 23.0 Å². The molecular weight excluding hydrogens is 402 g/mol. The molecule has 0 fully saturated rings. The number of rotatable bonds is 8. The predicted molar refractivity (Wildman–Crippen MR) is 105 cm³/mol. The maximum Gasteiger partial charge on any atom is 0.316 e. The molecule has 10 heteroatoms. The number of hydrogen-bond donors (Lipinski definition) is 1. The van der Waals surface area contributed by atoms with Crippen LogP contribution in [0.1, 0.15) is 24.5 Å². The molecule has 1 aromatic carbocycles. The lowest BCUT2D eigenvalue weighted by Gasteiger charge is -2.19. The first-order valence-electron chi connectivity index (χ1n) is 8.59. The van der Waals surface area contributed by atoms with E-state index >= 15 is 0 Å². The average molecular weight is 422 g/mol. The molecule has 0 bridgehead atoms. The van der Waals surface area contributed by atoms with Crippen LogP contribution >= 0.6 is 11.6 Å². The van der Waals surface area contributed by atoms with Crippen LogP contribution < -0.4 is 9.46 Å². The Hall–Kier alpha value is -2.49. The number of benzene rings is 1. The number of nitrogens with zero attached hydrogens (tertiary/aromatic N) is 4. The van der Waals surface area contributed by atoms with Crippen LogP contribution in [-0.4, -0.2) is 35.3 Å². The number of halogens is 1. The van der Waals surface area contributed by atoms with Gasteiger partial charge in [0, 0.05) is 29.9 Å². The molecule has 0 saturated carbocycles. The summed E-state index contributed by atoms with van der Waals surface area (Å²) < 4.78 is 35.5. The third-order valence-corrected chi connectivity index (χ3v) is 5.86. The van der Waals surface area contributed by atoms with Crippen molar-refractivity contribution in [3.05, 3.63) is 65.2 Å². The fourth-order valence-corrected chi connectivity index (χ4v) is 4.11. The topological polar surface area (TPSA) is 99.0 Å². The summed E-state index contributed by atoms with van der Waals surface area (Å²) in [5.74, 6) is 0.447. The Morgan fingerprint density at radius 1 is 1.18 bits per heavy atom. The first-order valence-corrected chi connectivity index (χ1v) is 10.5. The summed E-state index contributed by atoms with van der Waals surface area (Å²) >= 11 is 5.87. The molecule has 0 radical (unpaired) electrons. The highest BCUT2D eigenvalue weighted by molar-refractivity contribution is 7.89. The minimum atomic E-state index is -3.83. The number of sulfonamides is 1. The molecule has 0 amide bonds. The average Bonchev–Trinajstić information content (AvgIpc) is 3.11. The van der Waals surface area contributed by atoms with Crippen LogP contribution in [0.5, 0.6) is 6.01 Å². The van der Waals surface area contributed by atoms with E-state index in [9.17, 15) is 8.42 Å². The van der Waals surface area contributed by atoms with Gasteiger partial charge in [0.05, 0.1) is 18.0 Å². The summed E-state index contributed by atoms with van der Waals surface area (Å²) in [4.78, 5) is 4.41. The monoisotopic (exact) mass is 421 g/mol. The van der Waals surface area contributed by atoms with Crippen molar-refractivity contribution in [2.45, 2.75) is 30.8 Å². The van der Waals surface area contributed by atoms with E-state index in [1.54, 1.807) is 16.8 Å². The lowest BCUT2D eigenvalue weighted by Crippen LogP contribution is -2.32. The van der Waals surface area contributed by atoms with Crippen LogP contribution in [0.15, 0.2) is 53.6 Å². The second-order valence-electron chi connectivity index (χ2n) is 5.94. The number of aromatic nitrogens is 4. The minimum absolute atomic E-state index is 0.109. The number of pyridine rings is 1. The third kappa shape index (κ3) is 4.49. The third-order valence-electron chi connectivity index (χ3n) is 4.12. The van der Waals surface area contributed by atoms with Crippen molar-refractivity contribution >= 4 is 21.6 Å². The van der Waals surface area contributed by atoms with Crippen molar-refractivity contribution in [1.82, 2.24) is 24.5 Å². The number of hydrogen-bond acceptors (Lipinski definition) is 6. The quantitative estimate of drug-likeness (QED) is 0.600. The number of nitrogens with one attached hydrogen (secondary N) is 1. The van der Waals surface area contributed by atoms with Gasteiger partial charge >= 0.3 is 6.01 Å². The van der Waals surface area contributed by atoms with Crippen LogP contribution in [0, 0.1) is 0 Å². The largest absolute Gasteiger partial charge is 0.467 e. The summed E-state index contributed by atoms with van der Waals surface area (Å²) in [6.45, 7) is 2.42. The second-order valence-corrected chi connectivity index (χ2v) is 8.09. The fourth-order valence-electron chi connectivity index (χ4n) is 2.79. The number of ether oxygens (including phenoxy) is 1. The lowest BCUT2D eigenvalue weighted by atomic mass is 10.1. The lowest BCUT2D eigenvalue weighted by molar-refractivity contribution is 0.354. The molecule has 0 saturated heterocycles. The van der Waals surface area contributed by atoms with Crippen LogP contribution in [0.25, 0.3) is 0 Å². The minimum Gasteiger partial charge on any atom is -0.467 e. The molecule has 3 aromatic rings. The Balaban J connectivity index is 1.99. The zero-order chi connectivity index (χ0) is 20.1. The molecule has 1 N–H and O–H groups in total. The Labute approximate surface area is 168 Å². The summed E-state index contributed by atoms with van der Waals surface area (Å²) in [7, 11) is -2.33. The molecule has 8 nitrogen and oxygen atoms in total. The molecule has 1 atom stereocenters. The van der Waals surface area contributed by atoms with E-state index in [0.717, 1.165) is 5.69 Å². The van der Waals surface area contributed by atoms with Crippen molar-refractivity contribution < 1.29 is 13.2 Å². The SMILES string of the molecule is CCn1c(OC)nnc1C(Cc1ccccn1)NS(=O)(=O)c1ccc(Cl)cc1. The molecule has 0 aliphatic rings. The highest BCUT2D eigenvalue weighted by atomic mass is 35.5. The van der Waals surface area contributed by atoms with Gasteiger partial charge in [0.15, 0.2) is 5.82 Å². The molecule has 0 spiro atoms. The maximum absolute atomic E-state index is 12.9. The van der Waals surface area contributed by atoms with E-state index < -0.39 is 16.1 Å². The molecule has 1 unspecified atom stereocenters. The first kappa shape index (κ1) is 20.2. The van der Waals surface area contributed by atoms with Crippen LogP contribution in [0.4, 0.5) is 0 Å². The van der Waals surface area contributed by atoms with Gasteiger partial charge < -0.3 is 4.74 Å². The molecule has 0 aliphatic carbocycles. The fraction of sp³-hybridized carbons (Fsp3) is 0.278. The standard InChI is InChI=1S/C18H20ClN5O3S/c1-3-24-17(21-22-18(24)27-2)16(12-14-6-4-5-11-20-14)23-28(25,26)15-9-7-13(19)8-10-15/h4-11,16,23H,3,12H2,1-2H3. The first-order chi connectivity index (χ1) is 13.4. The van der Waals surface area contributed by atoms with Gasteiger partial charge in [0.1, 0.15) is 0 Å². The van der Waals surface area contributed by atoms with Gasteiger partial charge in [-0.2, -0.15) is 0 Å². The van der Waals surface area contributed by atoms with Crippen molar-refractivity contribution in [1.29, 1.82) is 0 Å². The smallest absolute Gasteiger partial charge is 0.316 e. The van der Waals surface area contributed by atoms with Crippen molar-refractivity contribution in [2.75, 3.05) is 7.11 Å². The maximum atomic E-state index is 12.9.